The molecular weight excluding hydrogens is 503 g/mol. The maximum atomic E-state index is 12.0. The summed E-state index contributed by atoms with van der Waals surface area (Å²) in [5.41, 5.74) is 1.32. The van der Waals surface area contributed by atoms with Gasteiger partial charge < -0.3 is 15.5 Å². The average molecular weight is 545 g/mol. The van der Waals surface area contributed by atoms with Crippen molar-refractivity contribution in [3.05, 3.63) is 35.9 Å². The van der Waals surface area contributed by atoms with E-state index in [1.54, 1.807) is 0 Å². The second-order valence-electron chi connectivity index (χ2n) is 8.43. The van der Waals surface area contributed by atoms with Crippen molar-refractivity contribution in [3.63, 3.8) is 0 Å². The highest BCUT2D eigenvalue weighted by Gasteiger charge is 2.21. The number of amides is 1. The lowest BCUT2D eigenvalue weighted by molar-refractivity contribution is -0.123. The normalized spacial score (nSPS) is 16.2. The predicted molar refractivity (Wildman–Crippen MR) is 140 cm³/mol. The number of likely N-dealkylation sites (N-methyl/N-ethyl adjacent to an activating group) is 1. The third kappa shape index (κ3) is 10.2. The van der Waals surface area contributed by atoms with E-state index < -0.39 is 0 Å². The first kappa shape index (κ1) is 27.6. The molecule has 2 rings (SSSR count). The van der Waals surface area contributed by atoms with Crippen LogP contribution in [0, 0.1) is 0 Å². The van der Waals surface area contributed by atoms with Crippen LogP contribution in [0.1, 0.15) is 33.3 Å². The molecule has 1 unspecified atom stereocenters. The second-order valence-corrected chi connectivity index (χ2v) is 8.43. The largest absolute Gasteiger partial charge is 0.357 e. The number of nitrogens with zero attached hydrogens (tertiary/aromatic N) is 4. The van der Waals surface area contributed by atoms with Gasteiger partial charge >= 0.3 is 0 Å². The van der Waals surface area contributed by atoms with E-state index in [4.69, 9.17) is 4.99 Å². The van der Waals surface area contributed by atoms with Gasteiger partial charge in [0, 0.05) is 51.4 Å². The number of rotatable bonds is 9. The van der Waals surface area contributed by atoms with Gasteiger partial charge in [0.05, 0.1) is 13.1 Å². The maximum absolute atomic E-state index is 12.0. The third-order valence-corrected chi connectivity index (χ3v) is 5.36. The van der Waals surface area contributed by atoms with E-state index in [-0.39, 0.29) is 35.9 Å². The highest BCUT2D eigenvalue weighted by atomic mass is 127. The first-order valence-electron chi connectivity index (χ1n) is 11.2. The van der Waals surface area contributed by atoms with Gasteiger partial charge in [-0.1, -0.05) is 30.3 Å². The summed E-state index contributed by atoms with van der Waals surface area (Å²) in [6.45, 7) is 14.8. The summed E-state index contributed by atoms with van der Waals surface area (Å²) in [4.78, 5) is 23.8. The van der Waals surface area contributed by atoms with Gasteiger partial charge in [0.25, 0.3) is 0 Å². The molecule has 0 spiro atoms. The Bertz CT molecular complexity index is 661. The fourth-order valence-electron chi connectivity index (χ4n) is 3.50. The molecule has 1 aromatic carbocycles. The Morgan fingerprint density at radius 2 is 1.77 bits per heavy atom. The quantitative estimate of drug-likeness (QED) is 0.284. The molecule has 31 heavy (non-hydrogen) atoms. The summed E-state index contributed by atoms with van der Waals surface area (Å²) in [7, 11) is 2.15. The van der Waals surface area contributed by atoms with Gasteiger partial charge in [0.1, 0.15) is 0 Å². The summed E-state index contributed by atoms with van der Waals surface area (Å²) in [5.74, 6) is 1.08. The Morgan fingerprint density at radius 3 is 2.35 bits per heavy atom. The van der Waals surface area contributed by atoms with Crippen LogP contribution in [0.3, 0.4) is 0 Å². The molecular formula is C23H41IN6O. The molecule has 1 amide bonds. The summed E-state index contributed by atoms with van der Waals surface area (Å²) in [6.07, 6.45) is 0. The van der Waals surface area contributed by atoms with Crippen molar-refractivity contribution in [2.75, 3.05) is 52.9 Å². The first-order chi connectivity index (χ1) is 14.4. The number of carbonyl (C=O) groups is 1. The standard InChI is InChI=1S/C23H40N6O.HI/c1-6-24-23(25-16-20(4)27(5)17-21-10-8-7-9-11-21)29-14-12-28(13-15-29)18-22(30)26-19(2)3;/h7-11,19-20H,6,12-18H2,1-5H3,(H,24,25)(H,26,30);1H. The number of piperazine rings is 1. The molecule has 1 aliphatic heterocycles. The zero-order chi connectivity index (χ0) is 21.9. The van der Waals surface area contributed by atoms with Crippen molar-refractivity contribution in [2.45, 2.75) is 46.3 Å². The SMILES string of the molecule is CCNC(=NCC(C)N(C)Cc1ccccc1)N1CCN(CC(=O)NC(C)C)CC1.I. The number of hydrogen-bond donors (Lipinski definition) is 2. The van der Waals surface area contributed by atoms with Crippen LogP contribution in [0.2, 0.25) is 0 Å². The van der Waals surface area contributed by atoms with Crippen molar-refractivity contribution >= 4 is 35.8 Å². The Kier molecular flexibility index (Phi) is 13.0. The van der Waals surface area contributed by atoms with Crippen LogP contribution < -0.4 is 10.6 Å². The molecule has 1 atom stereocenters. The summed E-state index contributed by atoms with van der Waals surface area (Å²) >= 11 is 0. The summed E-state index contributed by atoms with van der Waals surface area (Å²) in [5, 5.41) is 6.41. The van der Waals surface area contributed by atoms with Crippen LogP contribution in [-0.2, 0) is 11.3 Å². The average Bonchev–Trinajstić information content (AvgIpc) is 2.71. The molecule has 7 nitrogen and oxygen atoms in total. The highest BCUT2D eigenvalue weighted by Crippen LogP contribution is 2.07. The Morgan fingerprint density at radius 1 is 1.13 bits per heavy atom. The molecule has 0 aliphatic carbocycles. The van der Waals surface area contributed by atoms with Crippen LogP contribution in [0.5, 0.6) is 0 Å². The van der Waals surface area contributed by atoms with E-state index in [1.165, 1.54) is 5.56 Å². The van der Waals surface area contributed by atoms with Crippen molar-refractivity contribution in [1.29, 1.82) is 0 Å². The number of nitrogens with one attached hydrogen (secondary N) is 2. The highest BCUT2D eigenvalue weighted by molar-refractivity contribution is 14.0. The minimum Gasteiger partial charge on any atom is -0.357 e. The topological polar surface area (TPSA) is 63.2 Å². The van der Waals surface area contributed by atoms with E-state index in [9.17, 15) is 4.79 Å². The van der Waals surface area contributed by atoms with Crippen LogP contribution in [-0.4, -0.2) is 91.5 Å². The Labute approximate surface area is 205 Å². The summed E-state index contributed by atoms with van der Waals surface area (Å²) in [6, 6.07) is 11.1. The molecule has 1 aromatic rings. The van der Waals surface area contributed by atoms with Gasteiger partial charge in [-0.15, -0.1) is 24.0 Å². The molecule has 0 saturated carbocycles. The lowest BCUT2D eigenvalue weighted by Crippen LogP contribution is -2.54. The van der Waals surface area contributed by atoms with E-state index in [0.29, 0.717) is 12.6 Å². The smallest absolute Gasteiger partial charge is 0.234 e. The van der Waals surface area contributed by atoms with E-state index in [2.05, 4.69) is 76.6 Å². The second kappa shape index (κ2) is 14.6. The van der Waals surface area contributed by atoms with Gasteiger partial charge in [-0.25, -0.2) is 0 Å². The molecule has 0 bridgehead atoms. The minimum atomic E-state index is 0. The van der Waals surface area contributed by atoms with Gasteiger partial charge in [-0.3, -0.25) is 19.6 Å². The molecule has 2 N–H and O–H groups in total. The van der Waals surface area contributed by atoms with E-state index in [0.717, 1.165) is 51.8 Å². The zero-order valence-electron chi connectivity index (χ0n) is 19.8. The fourth-order valence-corrected chi connectivity index (χ4v) is 3.50. The molecule has 1 fully saturated rings. The molecule has 176 valence electrons. The van der Waals surface area contributed by atoms with Crippen LogP contribution in [0.4, 0.5) is 0 Å². The van der Waals surface area contributed by atoms with Gasteiger partial charge in [-0.05, 0) is 40.3 Å². The monoisotopic (exact) mass is 544 g/mol. The van der Waals surface area contributed by atoms with Gasteiger partial charge in [-0.2, -0.15) is 0 Å². The van der Waals surface area contributed by atoms with Crippen LogP contribution in [0.25, 0.3) is 0 Å². The number of halogens is 1. The molecule has 8 heteroatoms. The number of guanidine groups is 1. The zero-order valence-corrected chi connectivity index (χ0v) is 22.1. The number of benzene rings is 1. The molecule has 0 radical (unpaired) electrons. The van der Waals surface area contributed by atoms with Crippen molar-refractivity contribution in [1.82, 2.24) is 25.3 Å². The fraction of sp³-hybridized carbons (Fsp3) is 0.652. The maximum Gasteiger partial charge on any atom is 0.234 e. The molecule has 1 saturated heterocycles. The predicted octanol–water partition coefficient (Wildman–Crippen LogP) is 2.23. The van der Waals surface area contributed by atoms with Gasteiger partial charge in [0.15, 0.2) is 5.96 Å². The first-order valence-corrected chi connectivity index (χ1v) is 11.2. The Hall–Kier alpha value is -1.39. The lowest BCUT2D eigenvalue weighted by Gasteiger charge is -2.36. The van der Waals surface area contributed by atoms with Crippen molar-refractivity contribution in [3.8, 4) is 0 Å². The lowest BCUT2D eigenvalue weighted by atomic mass is 10.2. The number of aliphatic imine (C=N–C) groups is 1. The van der Waals surface area contributed by atoms with Crippen molar-refractivity contribution < 1.29 is 4.79 Å². The summed E-state index contributed by atoms with van der Waals surface area (Å²) < 4.78 is 0. The molecule has 0 aromatic heterocycles. The Balaban J connectivity index is 0.00000480. The third-order valence-electron chi connectivity index (χ3n) is 5.36. The minimum absolute atomic E-state index is 0. The van der Waals surface area contributed by atoms with Crippen LogP contribution >= 0.6 is 24.0 Å². The van der Waals surface area contributed by atoms with Gasteiger partial charge in [0.2, 0.25) is 5.91 Å². The van der Waals surface area contributed by atoms with E-state index >= 15 is 0 Å². The number of carbonyl (C=O) groups excluding carboxylic acids is 1. The molecule has 1 aliphatic rings. The molecule has 1 heterocycles. The van der Waals surface area contributed by atoms with E-state index in [1.807, 2.05) is 13.8 Å². The van der Waals surface area contributed by atoms with Crippen LogP contribution in [0.15, 0.2) is 35.3 Å². The van der Waals surface area contributed by atoms with Crippen molar-refractivity contribution in [2.24, 2.45) is 4.99 Å². The number of hydrogen-bond acceptors (Lipinski definition) is 4.